The third-order valence-electron chi connectivity index (χ3n) is 3.21. The van der Waals surface area contributed by atoms with E-state index in [0.29, 0.717) is 17.2 Å². The molecule has 5 N–H and O–H groups in total. The molecule has 0 radical (unpaired) electrons. The van der Waals surface area contributed by atoms with Crippen LogP contribution in [0.2, 0.25) is 0 Å². The molecule has 106 valence electrons. The van der Waals surface area contributed by atoms with Crippen molar-refractivity contribution in [3.05, 3.63) is 53.6 Å². The Morgan fingerprint density at radius 2 is 1.70 bits per heavy atom. The maximum absolute atomic E-state index is 6.01. The molecule has 0 bridgehead atoms. The van der Waals surface area contributed by atoms with Crippen molar-refractivity contribution >= 4 is 5.69 Å². The number of nitrogen functional groups attached to an aromatic ring is 1. The number of para-hydroxylation sites is 1. The molecule has 2 rings (SSSR count). The van der Waals surface area contributed by atoms with E-state index in [1.54, 1.807) is 14.2 Å². The van der Waals surface area contributed by atoms with Gasteiger partial charge in [-0.1, -0.05) is 24.3 Å². The first-order valence-electron chi connectivity index (χ1n) is 6.23. The molecular weight excluding hydrogens is 254 g/mol. The van der Waals surface area contributed by atoms with Gasteiger partial charge in [0.05, 0.1) is 20.3 Å². The van der Waals surface area contributed by atoms with Gasteiger partial charge in [0.2, 0.25) is 0 Å². The zero-order chi connectivity index (χ0) is 14.5. The highest BCUT2D eigenvalue weighted by molar-refractivity contribution is 5.53. The van der Waals surface area contributed by atoms with Crippen molar-refractivity contribution in [1.82, 2.24) is 5.43 Å². The molecule has 20 heavy (non-hydrogen) atoms. The summed E-state index contributed by atoms with van der Waals surface area (Å²) in [5, 5.41) is 0. The van der Waals surface area contributed by atoms with Crippen LogP contribution < -0.4 is 26.5 Å². The first kappa shape index (κ1) is 14.2. The van der Waals surface area contributed by atoms with E-state index >= 15 is 0 Å². The summed E-state index contributed by atoms with van der Waals surface area (Å²) < 4.78 is 10.5. The predicted octanol–water partition coefficient (Wildman–Crippen LogP) is 1.84. The van der Waals surface area contributed by atoms with Gasteiger partial charge in [-0.3, -0.25) is 5.84 Å². The average Bonchev–Trinajstić information content (AvgIpc) is 2.49. The molecule has 0 amide bonds. The van der Waals surface area contributed by atoms with Gasteiger partial charge in [0.1, 0.15) is 0 Å². The lowest BCUT2D eigenvalue weighted by molar-refractivity contribution is 0.354. The number of hydrogen-bond donors (Lipinski definition) is 3. The number of rotatable bonds is 5. The molecule has 0 aromatic heterocycles. The molecule has 5 heteroatoms. The number of benzene rings is 2. The van der Waals surface area contributed by atoms with Crippen molar-refractivity contribution in [2.75, 3.05) is 20.0 Å². The van der Waals surface area contributed by atoms with Gasteiger partial charge in [0.25, 0.3) is 0 Å². The van der Waals surface area contributed by atoms with Crippen LogP contribution in [0, 0.1) is 0 Å². The van der Waals surface area contributed by atoms with Gasteiger partial charge in [-0.2, -0.15) is 0 Å². The van der Waals surface area contributed by atoms with Crippen molar-refractivity contribution in [2.45, 2.75) is 6.04 Å². The Hall–Kier alpha value is -2.24. The summed E-state index contributed by atoms with van der Waals surface area (Å²) in [5.74, 6) is 7.02. The Kier molecular flexibility index (Phi) is 4.45. The fourth-order valence-corrected chi connectivity index (χ4v) is 2.17. The SMILES string of the molecule is COc1ccc(C(NN)c2ccccc2N)cc1OC. The van der Waals surface area contributed by atoms with E-state index in [-0.39, 0.29) is 6.04 Å². The summed E-state index contributed by atoms with van der Waals surface area (Å²) >= 11 is 0. The smallest absolute Gasteiger partial charge is 0.161 e. The molecule has 0 saturated carbocycles. The summed E-state index contributed by atoms with van der Waals surface area (Å²) in [6.07, 6.45) is 0. The lowest BCUT2D eigenvalue weighted by Gasteiger charge is -2.20. The van der Waals surface area contributed by atoms with Crippen LogP contribution in [0.1, 0.15) is 17.2 Å². The van der Waals surface area contributed by atoms with Crippen LogP contribution in [0.3, 0.4) is 0 Å². The monoisotopic (exact) mass is 273 g/mol. The summed E-state index contributed by atoms with van der Waals surface area (Å²) in [6.45, 7) is 0. The molecule has 0 spiro atoms. The lowest BCUT2D eigenvalue weighted by Crippen LogP contribution is -2.29. The van der Waals surface area contributed by atoms with Crippen LogP contribution in [0.5, 0.6) is 11.5 Å². The largest absolute Gasteiger partial charge is 0.493 e. The van der Waals surface area contributed by atoms with Crippen LogP contribution in [0.25, 0.3) is 0 Å². The third-order valence-corrected chi connectivity index (χ3v) is 3.21. The molecular formula is C15H19N3O2. The maximum Gasteiger partial charge on any atom is 0.161 e. The van der Waals surface area contributed by atoms with Gasteiger partial charge >= 0.3 is 0 Å². The molecule has 1 atom stereocenters. The molecule has 0 aliphatic carbocycles. The minimum atomic E-state index is -0.212. The van der Waals surface area contributed by atoms with Gasteiger partial charge in [0.15, 0.2) is 11.5 Å². The molecule has 0 aliphatic rings. The molecule has 1 unspecified atom stereocenters. The van der Waals surface area contributed by atoms with E-state index in [9.17, 15) is 0 Å². The molecule has 0 saturated heterocycles. The molecule has 2 aromatic rings. The number of methoxy groups -OCH3 is 2. The average molecular weight is 273 g/mol. The molecule has 0 heterocycles. The molecule has 2 aromatic carbocycles. The Labute approximate surface area is 118 Å². The first-order chi connectivity index (χ1) is 9.71. The lowest BCUT2D eigenvalue weighted by atomic mass is 9.97. The first-order valence-corrected chi connectivity index (χ1v) is 6.23. The summed E-state index contributed by atoms with van der Waals surface area (Å²) in [5.41, 5.74) is 11.3. The third kappa shape index (κ3) is 2.68. The van der Waals surface area contributed by atoms with Crippen molar-refractivity contribution in [1.29, 1.82) is 0 Å². The summed E-state index contributed by atoms with van der Waals surface area (Å²) in [4.78, 5) is 0. The Bertz CT molecular complexity index is 587. The highest BCUT2D eigenvalue weighted by Crippen LogP contribution is 2.33. The van der Waals surface area contributed by atoms with E-state index in [2.05, 4.69) is 5.43 Å². The second-order valence-electron chi connectivity index (χ2n) is 4.34. The highest BCUT2D eigenvalue weighted by Gasteiger charge is 2.17. The van der Waals surface area contributed by atoms with E-state index in [1.807, 2.05) is 42.5 Å². The Balaban J connectivity index is 2.45. The van der Waals surface area contributed by atoms with Crippen molar-refractivity contribution in [3.8, 4) is 11.5 Å². The van der Waals surface area contributed by atoms with Gasteiger partial charge in [0, 0.05) is 5.69 Å². The minimum Gasteiger partial charge on any atom is -0.493 e. The van der Waals surface area contributed by atoms with Crippen molar-refractivity contribution < 1.29 is 9.47 Å². The van der Waals surface area contributed by atoms with E-state index in [0.717, 1.165) is 11.1 Å². The fraction of sp³-hybridized carbons (Fsp3) is 0.200. The number of ether oxygens (including phenoxy) is 2. The van der Waals surface area contributed by atoms with Gasteiger partial charge < -0.3 is 15.2 Å². The van der Waals surface area contributed by atoms with Crippen LogP contribution in [0.4, 0.5) is 5.69 Å². The summed E-state index contributed by atoms with van der Waals surface area (Å²) in [6, 6.07) is 13.1. The second kappa shape index (κ2) is 6.27. The predicted molar refractivity (Wildman–Crippen MR) is 79.6 cm³/mol. The maximum atomic E-state index is 6.01. The molecule has 0 aliphatic heterocycles. The zero-order valence-electron chi connectivity index (χ0n) is 11.6. The van der Waals surface area contributed by atoms with Crippen LogP contribution in [0.15, 0.2) is 42.5 Å². The quantitative estimate of drug-likeness (QED) is 0.440. The topological polar surface area (TPSA) is 82.5 Å². The standard InChI is InChI=1S/C15H19N3O2/c1-19-13-8-7-10(9-14(13)20-2)15(18-17)11-5-3-4-6-12(11)16/h3-9,15,18H,16-17H2,1-2H3. The van der Waals surface area contributed by atoms with E-state index in [1.165, 1.54) is 0 Å². The minimum absolute atomic E-state index is 0.212. The molecule has 5 nitrogen and oxygen atoms in total. The van der Waals surface area contributed by atoms with E-state index < -0.39 is 0 Å². The number of hydrazine groups is 1. The van der Waals surface area contributed by atoms with Gasteiger partial charge in [-0.05, 0) is 29.3 Å². The molecule has 0 fully saturated rings. The number of hydrogen-bond acceptors (Lipinski definition) is 5. The second-order valence-corrected chi connectivity index (χ2v) is 4.34. The number of nitrogens with one attached hydrogen (secondary N) is 1. The number of anilines is 1. The normalized spacial score (nSPS) is 11.9. The zero-order valence-corrected chi connectivity index (χ0v) is 11.6. The summed E-state index contributed by atoms with van der Waals surface area (Å²) in [7, 11) is 3.20. The number of nitrogens with two attached hydrogens (primary N) is 2. The van der Waals surface area contributed by atoms with Crippen LogP contribution >= 0.6 is 0 Å². The van der Waals surface area contributed by atoms with E-state index in [4.69, 9.17) is 21.1 Å². The highest BCUT2D eigenvalue weighted by atomic mass is 16.5. The van der Waals surface area contributed by atoms with Crippen LogP contribution in [-0.2, 0) is 0 Å². The fourth-order valence-electron chi connectivity index (χ4n) is 2.17. The van der Waals surface area contributed by atoms with Gasteiger partial charge in [-0.15, -0.1) is 0 Å². The Morgan fingerprint density at radius 1 is 1.00 bits per heavy atom. The van der Waals surface area contributed by atoms with Crippen molar-refractivity contribution in [3.63, 3.8) is 0 Å². The van der Waals surface area contributed by atoms with Crippen LogP contribution in [-0.4, -0.2) is 14.2 Å². The Morgan fingerprint density at radius 3 is 2.30 bits per heavy atom. The van der Waals surface area contributed by atoms with Crippen molar-refractivity contribution in [2.24, 2.45) is 5.84 Å². The van der Waals surface area contributed by atoms with Gasteiger partial charge in [-0.25, -0.2) is 5.43 Å².